The van der Waals surface area contributed by atoms with Crippen LogP contribution in [0.4, 0.5) is 0 Å². The summed E-state index contributed by atoms with van der Waals surface area (Å²) in [5.41, 5.74) is 2.44. The molecule has 3 nitrogen and oxygen atoms in total. The summed E-state index contributed by atoms with van der Waals surface area (Å²) >= 11 is 5.18. The lowest BCUT2D eigenvalue weighted by Crippen LogP contribution is -2.31. The first-order valence-corrected chi connectivity index (χ1v) is 8.58. The van der Waals surface area contributed by atoms with Crippen molar-refractivity contribution < 1.29 is 9.90 Å². The van der Waals surface area contributed by atoms with Crippen LogP contribution in [0, 0.1) is 0 Å². The normalized spacial score (nSPS) is 12.2. The largest absolute Gasteiger partial charge is 0.481 e. The molecule has 2 aromatic rings. The summed E-state index contributed by atoms with van der Waals surface area (Å²) in [6.07, 6.45) is 1.66. The lowest BCUT2D eigenvalue weighted by Gasteiger charge is -2.18. The highest BCUT2D eigenvalue weighted by molar-refractivity contribution is 9.10. The third-order valence-corrected chi connectivity index (χ3v) is 5.13. The Balaban J connectivity index is 1.94. The van der Waals surface area contributed by atoms with Crippen molar-refractivity contribution in [3.63, 3.8) is 0 Å². The van der Waals surface area contributed by atoms with Gasteiger partial charge in [0.1, 0.15) is 0 Å². The van der Waals surface area contributed by atoms with Crippen LogP contribution < -0.4 is 5.32 Å². The van der Waals surface area contributed by atoms with Crippen LogP contribution in [0.2, 0.25) is 0 Å². The predicted octanol–water partition coefficient (Wildman–Crippen LogP) is 4.08. The van der Waals surface area contributed by atoms with E-state index in [0.717, 1.165) is 17.4 Å². The average Bonchev–Trinajstić information content (AvgIpc) is 2.88. The van der Waals surface area contributed by atoms with Gasteiger partial charge in [0.2, 0.25) is 0 Å². The Kier molecular flexibility index (Phi) is 6.42. The van der Waals surface area contributed by atoms with Crippen molar-refractivity contribution >= 4 is 33.2 Å². The summed E-state index contributed by atoms with van der Waals surface area (Å²) in [6.45, 7) is 0.751. The first-order chi connectivity index (χ1) is 10.1. The third-order valence-electron chi connectivity index (χ3n) is 3.30. The van der Waals surface area contributed by atoms with Crippen LogP contribution in [-0.4, -0.2) is 17.1 Å². The summed E-state index contributed by atoms with van der Waals surface area (Å²) in [7, 11) is 0. The number of hydrogen-bond donors (Lipinski definition) is 2. The molecule has 0 saturated carbocycles. The number of benzene rings is 1. The molecule has 0 aliphatic rings. The van der Waals surface area contributed by atoms with Crippen molar-refractivity contribution in [1.29, 1.82) is 0 Å². The Labute approximate surface area is 137 Å². The van der Waals surface area contributed by atoms with E-state index in [1.807, 2.05) is 18.2 Å². The first-order valence-electron chi connectivity index (χ1n) is 6.85. The maximum atomic E-state index is 10.8. The van der Waals surface area contributed by atoms with E-state index >= 15 is 0 Å². The molecule has 1 unspecified atom stereocenters. The van der Waals surface area contributed by atoms with E-state index in [4.69, 9.17) is 5.11 Å². The predicted molar refractivity (Wildman–Crippen MR) is 89.7 cm³/mol. The van der Waals surface area contributed by atoms with Gasteiger partial charge in [0, 0.05) is 28.9 Å². The molecule has 0 amide bonds. The molecule has 1 aromatic carbocycles. The van der Waals surface area contributed by atoms with Gasteiger partial charge in [-0.2, -0.15) is 11.3 Å². The Morgan fingerprint density at radius 3 is 2.67 bits per heavy atom. The minimum atomic E-state index is -0.744. The zero-order chi connectivity index (χ0) is 15.1. The number of hydrogen-bond acceptors (Lipinski definition) is 3. The molecule has 2 rings (SSSR count). The Bertz CT molecular complexity index is 571. The summed E-state index contributed by atoms with van der Waals surface area (Å²) < 4.78 is 1.11. The van der Waals surface area contributed by atoms with Crippen LogP contribution in [0.25, 0.3) is 0 Å². The van der Waals surface area contributed by atoms with Gasteiger partial charge in [-0.05, 0) is 45.3 Å². The van der Waals surface area contributed by atoms with E-state index in [0.29, 0.717) is 6.42 Å². The number of carbonyl (C=O) groups is 1. The van der Waals surface area contributed by atoms with Crippen LogP contribution in [0.15, 0.2) is 45.6 Å². The molecule has 0 radical (unpaired) electrons. The molecule has 1 aromatic heterocycles. The van der Waals surface area contributed by atoms with Crippen molar-refractivity contribution in [3.05, 3.63) is 56.7 Å². The fraction of sp³-hybridized carbons (Fsp3) is 0.312. The van der Waals surface area contributed by atoms with E-state index in [1.54, 1.807) is 11.3 Å². The summed E-state index contributed by atoms with van der Waals surface area (Å²) in [5, 5.41) is 16.5. The number of halogens is 1. The standard InChI is InChI=1S/C16H18BrNO2S/c17-15-11-21-10-13(15)9-18-14(6-7-16(19)20)8-12-4-2-1-3-5-12/h1-5,10-11,14,18H,6-9H2,(H,19,20). The van der Waals surface area contributed by atoms with Gasteiger partial charge in [0.15, 0.2) is 0 Å². The molecule has 0 fully saturated rings. The second-order valence-electron chi connectivity index (χ2n) is 4.94. The molecular weight excluding hydrogens is 350 g/mol. The smallest absolute Gasteiger partial charge is 0.303 e. The monoisotopic (exact) mass is 367 g/mol. The lowest BCUT2D eigenvalue weighted by atomic mass is 10.0. The molecule has 112 valence electrons. The fourth-order valence-electron chi connectivity index (χ4n) is 2.16. The van der Waals surface area contributed by atoms with Crippen molar-refractivity contribution in [1.82, 2.24) is 5.32 Å². The van der Waals surface area contributed by atoms with E-state index in [-0.39, 0.29) is 12.5 Å². The number of nitrogens with one attached hydrogen (secondary N) is 1. The highest BCUT2D eigenvalue weighted by Crippen LogP contribution is 2.21. The van der Waals surface area contributed by atoms with Crippen LogP contribution in [-0.2, 0) is 17.8 Å². The number of thiophene rings is 1. The van der Waals surface area contributed by atoms with Crippen molar-refractivity contribution in [2.45, 2.75) is 31.8 Å². The zero-order valence-electron chi connectivity index (χ0n) is 11.6. The fourth-order valence-corrected chi connectivity index (χ4v) is 3.60. The number of carboxylic acids is 1. The molecule has 0 spiro atoms. The van der Waals surface area contributed by atoms with Gasteiger partial charge >= 0.3 is 5.97 Å². The highest BCUT2D eigenvalue weighted by atomic mass is 79.9. The topological polar surface area (TPSA) is 49.3 Å². The minimum absolute atomic E-state index is 0.162. The Hall–Kier alpha value is -1.17. The molecule has 1 atom stereocenters. The molecule has 2 N–H and O–H groups in total. The van der Waals surface area contributed by atoms with E-state index in [1.165, 1.54) is 11.1 Å². The Morgan fingerprint density at radius 1 is 1.29 bits per heavy atom. The first kappa shape index (κ1) is 16.2. The molecule has 0 saturated heterocycles. The quantitative estimate of drug-likeness (QED) is 0.738. The lowest BCUT2D eigenvalue weighted by molar-refractivity contribution is -0.137. The second-order valence-corrected chi connectivity index (χ2v) is 6.54. The van der Waals surface area contributed by atoms with Gasteiger partial charge in [-0.15, -0.1) is 0 Å². The number of aliphatic carboxylic acids is 1. The maximum Gasteiger partial charge on any atom is 0.303 e. The van der Waals surface area contributed by atoms with Gasteiger partial charge in [0.25, 0.3) is 0 Å². The molecular formula is C16H18BrNO2S. The van der Waals surface area contributed by atoms with Crippen molar-refractivity contribution in [2.75, 3.05) is 0 Å². The number of rotatable bonds is 8. The second kappa shape index (κ2) is 8.32. The Morgan fingerprint density at radius 2 is 2.05 bits per heavy atom. The SMILES string of the molecule is O=C(O)CCC(Cc1ccccc1)NCc1cscc1Br. The molecule has 5 heteroatoms. The zero-order valence-corrected chi connectivity index (χ0v) is 14.0. The van der Waals surface area contributed by atoms with Crippen LogP contribution in [0.3, 0.4) is 0 Å². The minimum Gasteiger partial charge on any atom is -0.481 e. The van der Waals surface area contributed by atoms with Gasteiger partial charge < -0.3 is 10.4 Å². The molecule has 0 bridgehead atoms. The van der Waals surface area contributed by atoms with Crippen LogP contribution in [0.1, 0.15) is 24.0 Å². The van der Waals surface area contributed by atoms with E-state index in [2.05, 4.69) is 44.1 Å². The average molecular weight is 368 g/mol. The van der Waals surface area contributed by atoms with E-state index < -0.39 is 5.97 Å². The summed E-state index contributed by atoms with van der Waals surface area (Å²) in [5.74, 6) is -0.744. The van der Waals surface area contributed by atoms with Crippen molar-refractivity contribution in [2.24, 2.45) is 0 Å². The van der Waals surface area contributed by atoms with E-state index in [9.17, 15) is 4.79 Å². The van der Waals surface area contributed by atoms with Gasteiger partial charge in [-0.25, -0.2) is 0 Å². The van der Waals surface area contributed by atoms with Crippen LogP contribution in [0.5, 0.6) is 0 Å². The van der Waals surface area contributed by atoms with Crippen molar-refractivity contribution in [3.8, 4) is 0 Å². The molecule has 0 aliphatic carbocycles. The van der Waals surface area contributed by atoms with Gasteiger partial charge in [-0.3, -0.25) is 4.79 Å². The van der Waals surface area contributed by atoms with Gasteiger partial charge in [-0.1, -0.05) is 30.3 Å². The molecule has 21 heavy (non-hydrogen) atoms. The molecule has 0 aliphatic heterocycles. The van der Waals surface area contributed by atoms with Gasteiger partial charge in [0.05, 0.1) is 0 Å². The number of carboxylic acid groups (broad SMARTS) is 1. The summed E-state index contributed by atoms with van der Waals surface area (Å²) in [6, 6.07) is 10.3. The third kappa shape index (κ3) is 5.61. The highest BCUT2D eigenvalue weighted by Gasteiger charge is 2.12. The molecule has 1 heterocycles. The maximum absolute atomic E-state index is 10.8. The summed E-state index contributed by atoms with van der Waals surface area (Å²) in [4.78, 5) is 10.8. The van der Waals surface area contributed by atoms with Crippen LogP contribution >= 0.6 is 27.3 Å².